The summed E-state index contributed by atoms with van der Waals surface area (Å²) in [4.78, 5) is 15.1. The van der Waals surface area contributed by atoms with Crippen molar-refractivity contribution >= 4 is 11.6 Å². The van der Waals surface area contributed by atoms with Crippen LogP contribution in [0.1, 0.15) is 23.6 Å². The van der Waals surface area contributed by atoms with Gasteiger partial charge < -0.3 is 5.32 Å². The molecule has 1 amide bonds. The average molecular weight is 278 g/mol. The van der Waals surface area contributed by atoms with E-state index in [4.69, 9.17) is 0 Å². The Morgan fingerprint density at radius 1 is 1.10 bits per heavy atom. The molecular formula is C18H18N2O. The van der Waals surface area contributed by atoms with Gasteiger partial charge in [0.05, 0.1) is 11.5 Å². The molecule has 21 heavy (non-hydrogen) atoms. The first-order chi connectivity index (χ1) is 10.2. The normalized spacial score (nSPS) is 27.9. The van der Waals surface area contributed by atoms with E-state index in [9.17, 15) is 4.79 Å². The fourth-order valence-electron chi connectivity index (χ4n) is 4.03. The largest absolute Gasteiger partial charge is 0.325 e. The van der Waals surface area contributed by atoms with Crippen LogP contribution >= 0.6 is 0 Å². The van der Waals surface area contributed by atoms with Crippen LogP contribution in [0.3, 0.4) is 0 Å². The van der Waals surface area contributed by atoms with Crippen LogP contribution in [0.25, 0.3) is 0 Å². The van der Waals surface area contributed by atoms with Crippen LogP contribution in [-0.2, 0) is 10.2 Å². The van der Waals surface area contributed by atoms with Gasteiger partial charge in [0.25, 0.3) is 0 Å². The zero-order chi connectivity index (χ0) is 14.4. The van der Waals surface area contributed by atoms with Gasteiger partial charge >= 0.3 is 0 Å². The Kier molecular flexibility index (Phi) is 2.66. The van der Waals surface area contributed by atoms with E-state index in [-0.39, 0.29) is 11.9 Å². The second kappa shape index (κ2) is 4.43. The Morgan fingerprint density at radius 3 is 2.62 bits per heavy atom. The standard InChI is InChI=1S/C18H18N2O/c1-20-12-11-18(16(20)13-7-3-2-4-8-13)14-9-5-6-10-15(14)19-17(18)21/h2-10,16H,11-12H2,1H3,(H,19,21)/t16-,18-/m0/s1. The molecule has 3 heteroatoms. The number of nitrogens with one attached hydrogen (secondary N) is 1. The summed E-state index contributed by atoms with van der Waals surface area (Å²) in [6, 6.07) is 18.6. The molecule has 4 rings (SSSR count). The highest BCUT2D eigenvalue weighted by molar-refractivity contribution is 6.07. The van der Waals surface area contributed by atoms with Crippen LogP contribution in [0.2, 0.25) is 0 Å². The summed E-state index contributed by atoms with van der Waals surface area (Å²) >= 11 is 0. The first kappa shape index (κ1) is 12.6. The maximum Gasteiger partial charge on any atom is 0.237 e. The van der Waals surface area contributed by atoms with Gasteiger partial charge in [-0.1, -0.05) is 48.5 Å². The Balaban J connectivity index is 1.92. The topological polar surface area (TPSA) is 32.3 Å². The summed E-state index contributed by atoms with van der Waals surface area (Å²) in [6.45, 7) is 0.932. The second-order valence-electron chi connectivity index (χ2n) is 6.01. The molecule has 1 N–H and O–H groups in total. The maximum absolute atomic E-state index is 12.8. The van der Waals surface area contributed by atoms with E-state index in [0.717, 1.165) is 24.2 Å². The molecule has 2 aliphatic heterocycles. The SMILES string of the molecule is CN1CC[C@@]2(C(=O)Nc3ccccc32)[C@@H]1c1ccccc1. The van der Waals surface area contributed by atoms with Crippen molar-refractivity contribution in [3.63, 3.8) is 0 Å². The number of hydrogen-bond donors (Lipinski definition) is 1. The molecule has 1 fully saturated rings. The van der Waals surface area contributed by atoms with Gasteiger partial charge in [-0.2, -0.15) is 0 Å². The third-order valence-electron chi connectivity index (χ3n) is 4.94. The second-order valence-corrected chi connectivity index (χ2v) is 6.01. The summed E-state index contributed by atoms with van der Waals surface area (Å²) in [5.41, 5.74) is 2.88. The summed E-state index contributed by atoms with van der Waals surface area (Å²) < 4.78 is 0. The third-order valence-corrected chi connectivity index (χ3v) is 4.94. The third kappa shape index (κ3) is 1.61. The van der Waals surface area contributed by atoms with Gasteiger partial charge in [0.15, 0.2) is 0 Å². The molecule has 2 heterocycles. The molecule has 0 bridgehead atoms. The fraction of sp³-hybridized carbons (Fsp3) is 0.278. The molecule has 0 saturated carbocycles. The zero-order valence-corrected chi connectivity index (χ0v) is 12.0. The number of anilines is 1. The lowest BCUT2D eigenvalue weighted by molar-refractivity contribution is -0.121. The number of hydrogen-bond acceptors (Lipinski definition) is 2. The number of likely N-dealkylation sites (tertiary alicyclic amines) is 1. The molecule has 0 unspecified atom stereocenters. The minimum absolute atomic E-state index is 0.0994. The predicted molar refractivity (Wildman–Crippen MR) is 83.2 cm³/mol. The maximum atomic E-state index is 12.8. The number of carbonyl (C=O) groups excluding carboxylic acids is 1. The van der Waals surface area contributed by atoms with Crippen molar-refractivity contribution in [3.05, 3.63) is 65.7 Å². The van der Waals surface area contributed by atoms with Crippen molar-refractivity contribution in [1.29, 1.82) is 0 Å². The number of carbonyl (C=O) groups is 1. The molecule has 0 aliphatic carbocycles. The molecule has 2 aliphatic rings. The van der Waals surface area contributed by atoms with Gasteiger partial charge in [0.2, 0.25) is 5.91 Å². The van der Waals surface area contributed by atoms with Gasteiger partial charge in [-0.3, -0.25) is 9.69 Å². The van der Waals surface area contributed by atoms with Crippen LogP contribution in [0.5, 0.6) is 0 Å². The van der Waals surface area contributed by atoms with Crippen LogP contribution in [-0.4, -0.2) is 24.4 Å². The van der Waals surface area contributed by atoms with Crippen LogP contribution in [0.4, 0.5) is 5.69 Å². The Morgan fingerprint density at radius 2 is 1.81 bits per heavy atom. The molecule has 0 aromatic heterocycles. The minimum Gasteiger partial charge on any atom is -0.325 e. The quantitative estimate of drug-likeness (QED) is 0.870. The lowest BCUT2D eigenvalue weighted by Gasteiger charge is -2.32. The van der Waals surface area contributed by atoms with Gasteiger partial charge in [0, 0.05) is 5.69 Å². The first-order valence-corrected chi connectivity index (χ1v) is 7.39. The number of rotatable bonds is 1. The number of benzene rings is 2. The van der Waals surface area contributed by atoms with Crippen molar-refractivity contribution < 1.29 is 4.79 Å². The van der Waals surface area contributed by atoms with Crippen molar-refractivity contribution in [2.75, 3.05) is 18.9 Å². The average Bonchev–Trinajstić information content (AvgIpc) is 3.00. The highest BCUT2D eigenvalue weighted by Crippen LogP contribution is 2.53. The highest BCUT2D eigenvalue weighted by atomic mass is 16.2. The molecule has 106 valence electrons. The van der Waals surface area contributed by atoms with Crippen molar-refractivity contribution in [3.8, 4) is 0 Å². The number of nitrogens with zero attached hydrogens (tertiary/aromatic N) is 1. The minimum atomic E-state index is -0.452. The molecule has 3 nitrogen and oxygen atoms in total. The van der Waals surface area contributed by atoms with E-state index in [1.807, 2.05) is 36.4 Å². The first-order valence-electron chi connectivity index (χ1n) is 7.39. The molecule has 2 atom stereocenters. The summed E-state index contributed by atoms with van der Waals surface area (Å²) in [5.74, 6) is 0.141. The Labute approximate surface area is 124 Å². The van der Waals surface area contributed by atoms with E-state index in [1.165, 1.54) is 5.56 Å². The van der Waals surface area contributed by atoms with Crippen LogP contribution in [0.15, 0.2) is 54.6 Å². The van der Waals surface area contributed by atoms with E-state index in [0.29, 0.717) is 0 Å². The fourth-order valence-corrected chi connectivity index (χ4v) is 4.03. The van der Waals surface area contributed by atoms with Gasteiger partial charge in [-0.25, -0.2) is 0 Å². The summed E-state index contributed by atoms with van der Waals surface area (Å²) in [5, 5.41) is 3.08. The predicted octanol–water partition coefficient (Wildman–Crippen LogP) is 2.95. The summed E-state index contributed by atoms with van der Waals surface area (Å²) in [7, 11) is 2.11. The molecule has 2 aromatic carbocycles. The number of likely N-dealkylation sites (N-methyl/N-ethyl adjacent to an activating group) is 1. The van der Waals surface area contributed by atoms with E-state index >= 15 is 0 Å². The lowest BCUT2D eigenvalue weighted by Crippen LogP contribution is -2.40. The zero-order valence-electron chi connectivity index (χ0n) is 12.0. The molecule has 1 spiro atoms. The Hall–Kier alpha value is -2.13. The van der Waals surface area contributed by atoms with Gasteiger partial charge in [-0.05, 0) is 37.2 Å². The number of amides is 1. The monoisotopic (exact) mass is 278 g/mol. The highest BCUT2D eigenvalue weighted by Gasteiger charge is 2.57. The van der Waals surface area contributed by atoms with Gasteiger partial charge in [-0.15, -0.1) is 0 Å². The van der Waals surface area contributed by atoms with Crippen LogP contribution in [0, 0.1) is 0 Å². The molecule has 0 radical (unpaired) electrons. The number of fused-ring (bicyclic) bond motifs is 2. The van der Waals surface area contributed by atoms with E-state index in [2.05, 4.69) is 35.5 Å². The molecule has 1 saturated heterocycles. The lowest BCUT2D eigenvalue weighted by atomic mass is 9.72. The molecule has 2 aromatic rings. The number of para-hydroxylation sites is 1. The van der Waals surface area contributed by atoms with Gasteiger partial charge in [0.1, 0.15) is 0 Å². The van der Waals surface area contributed by atoms with Crippen molar-refractivity contribution in [2.45, 2.75) is 17.9 Å². The molecular weight excluding hydrogens is 260 g/mol. The van der Waals surface area contributed by atoms with Crippen molar-refractivity contribution in [2.24, 2.45) is 0 Å². The van der Waals surface area contributed by atoms with E-state index in [1.54, 1.807) is 0 Å². The Bertz CT molecular complexity index is 697. The van der Waals surface area contributed by atoms with Crippen LogP contribution < -0.4 is 5.32 Å². The summed E-state index contributed by atoms with van der Waals surface area (Å²) in [6.07, 6.45) is 0.867. The smallest absolute Gasteiger partial charge is 0.237 e. The van der Waals surface area contributed by atoms with Crippen molar-refractivity contribution in [1.82, 2.24) is 4.90 Å². The van der Waals surface area contributed by atoms with E-state index < -0.39 is 5.41 Å².